The van der Waals surface area contributed by atoms with Crippen molar-refractivity contribution in [1.82, 2.24) is 4.98 Å². The van der Waals surface area contributed by atoms with Gasteiger partial charge in [-0.05, 0) is 13.3 Å². The summed E-state index contributed by atoms with van der Waals surface area (Å²) in [5.41, 5.74) is 0.951. The Morgan fingerprint density at radius 1 is 1.62 bits per heavy atom. The Hall–Kier alpha value is -0.900. The number of esters is 1. The fourth-order valence-corrected chi connectivity index (χ4v) is 2.00. The molecule has 0 amide bonds. The van der Waals surface area contributed by atoms with Gasteiger partial charge in [0.2, 0.25) is 0 Å². The van der Waals surface area contributed by atoms with Crippen LogP contribution in [0.3, 0.4) is 0 Å². The number of carbonyl (C=O) groups excluding carboxylic acids is 1. The molecule has 3 nitrogen and oxygen atoms in total. The van der Waals surface area contributed by atoms with E-state index in [9.17, 15) is 4.79 Å². The number of carbonyl (C=O) groups is 1. The minimum Gasteiger partial charge on any atom is -0.469 e. The van der Waals surface area contributed by atoms with Gasteiger partial charge in [-0.3, -0.25) is 4.79 Å². The molecule has 0 radical (unpaired) electrons. The fourth-order valence-electron chi connectivity index (χ4n) is 1.01. The lowest BCUT2D eigenvalue weighted by Gasteiger charge is -1.95. The Morgan fingerprint density at radius 3 is 2.77 bits per heavy atom. The van der Waals surface area contributed by atoms with E-state index in [4.69, 9.17) is 0 Å². The Balaban J connectivity index is 2.76. The molecule has 0 saturated heterocycles. The van der Waals surface area contributed by atoms with Crippen molar-refractivity contribution in [2.24, 2.45) is 0 Å². The predicted molar refractivity (Wildman–Crippen MR) is 51.9 cm³/mol. The van der Waals surface area contributed by atoms with Gasteiger partial charge >= 0.3 is 5.97 Å². The molecule has 0 aromatic carbocycles. The van der Waals surface area contributed by atoms with Gasteiger partial charge in [0.05, 0.1) is 24.2 Å². The first-order chi connectivity index (χ1) is 6.17. The number of aryl methyl sites for hydroxylation is 2. The molecule has 0 aliphatic rings. The minimum atomic E-state index is -0.200. The van der Waals surface area contributed by atoms with Crippen LogP contribution in [0.2, 0.25) is 0 Å². The topological polar surface area (TPSA) is 39.2 Å². The molecule has 0 unspecified atom stereocenters. The van der Waals surface area contributed by atoms with E-state index in [0.29, 0.717) is 6.42 Å². The van der Waals surface area contributed by atoms with Crippen molar-refractivity contribution in [3.8, 4) is 0 Å². The molecule has 1 aromatic heterocycles. The van der Waals surface area contributed by atoms with Gasteiger partial charge in [0.25, 0.3) is 0 Å². The van der Waals surface area contributed by atoms with Gasteiger partial charge in [0.15, 0.2) is 0 Å². The number of nitrogens with zero attached hydrogens (tertiary/aromatic N) is 1. The molecule has 1 rings (SSSR count). The molecule has 0 aliphatic carbocycles. The molecule has 1 aromatic rings. The number of rotatable bonds is 3. The maximum Gasteiger partial charge on any atom is 0.310 e. The number of ether oxygens (including phenoxy) is 1. The predicted octanol–water partition coefficient (Wildman–Crippen LogP) is 1.73. The van der Waals surface area contributed by atoms with Crippen molar-refractivity contribution < 1.29 is 9.53 Å². The molecule has 0 bridgehead atoms. The summed E-state index contributed by atoms with van der Waals surface area (Å²) in [5, 5.41) is 1.08. The average Bonchev–Trinajstić information content (AvgIpc) is 2.47. The summed E-state index contributed by atoms with van der Waals surface area (Å²) in [4.78, 5) is 16.3. The molecule has 0 fully saturated rings. The van der Waals surface area contributed by atoms with Gasteiger partial charge in [0.1, 0.15) is 0 Å². The lowest BCUT2D eigenvalue weighted by Crippen LogP contribution is -2.03. The Kier molecular flexibility index (Phi) is 3.42. The summed E-state index contributed by atoms with van der Waals surface area (Å²) < 4.78 is 4.59. The summed E-state index contributed by atoms with van der Waals surface area (Å²) in [6.45, 7) is 3.98. The van der Waals surface area contributed by atoms with Gasteiger partial charge in [-0.25, -0.2) is 4.98 Å². The first kappa shape index (κ1) is 10.2. The highest BCUT2D eigenvalue weighted by Gasteiger charge is 2.10. The lowest BCUT2D eigenvalue weighted by molar-refractivity contribution is -0.139. The highest BCUT2D eigenvalue weighted by atomic mass is 32.1. The van der Waals surface area contributed by atoms with Crippen LogP contribution >= 0.6 is 11.3 Å². The highest BCUT2D eigenvalue weighted by molar-refractivity contribution is 7.11. The van der Waals surface area contributed by atoms with Crippen LogP contribution in [0.4, 0.5) is 0 Å². The molecular formula is C9H13NO2S. The maximum atomic E-state index is 11.0. The number of aromatic nitrogens is 1. The van der Waals surface area contributed by atoms with Gasteiger partial charge in [-0.15, -0.1) is 11.3 Å². The second-order valence-corrected chi connectivity index (χ2v) is 3.89. The zero-order valence-electron chi connectivity index (χ0n) is 8.09. The van der Waals surface area contributed by atoms with Gasteiger partial charge in [-0.2, -0.15) is 0 Å². The van der Waals surface area contributed by atoms with Gasteiger partial charge in [-0.1, -0.05) is 6.92 Å². The molecule has 0 aliphatic heterocycles. The number of hydrogen-bond donors (Lipinski definition) is 0. The largest absolute Gasteiger partial charge is 0.469 e. The second-order valence-electron chi connectivity index (χ2n) is 2.72. The molecule has 4 heteroatoms. The molecule has 0 spiro atoms. The summed E-state index contributed by atoms with van der Waals surface area (Å²) in [6, 6.07) is 0. The van der Waals surface area contributed by atoms with E-state index in [2.05, 4.69) is 16.6 Å². The molecular weight excluding hydrogens is 186 g/mol. The van der Waals surface area contributed by atoms with Gasteiger partial charge in [0, 0.05) is 4.88 Å². The van der Waals surface area contributed by atoms with Crippen LogP contribution in [0.25, 0.3) is 0 Å². The third-order valence-electron chi connectivity index (χ3n) is 1.77. The van der Waals surface area contributed by atoms with Crippen LogP contribution in [0, 0.1) is 6.92 Å². The quantitative estimate of drug-likeness (QED) is 0.696. The van der Waals surface area contributed by atoms with Crippen LogP contribution in [-0.2, 0) is 22.4 Å². The van der Waals surface area contributed by atoms with Gasteiger partial charge < -0.3 is 4.74 Å². The minimum absolute atomic E-state index is 0.200. The summed E-state index contributed by atoms with van der Waals surface area (Å²) in [6.07, 6.45) is 1.27. The Bertz CT molecular complexity index is 307. The van der Waals surface area contributed by atoms with E-state index < -0.39 is 0 Å². The molecule has 0 saturated carbocycles. The van der Waals surface area contributed by atoms with E-state index >= 15 is 0 Å². The van der Waals surface area contributed by atoms with E-state index in [1.165, 1.54) is 7.11 Å². The van der Waals surface area contributed by atoms with Crippen molar-refractivity contribution in [1.29, 1.82) is 0 Å². The maximum absolute atomic E-state index is 11.0. The third-order valence-corrected chi connectivity index (χ3v) is 3.07. The molecule has 13 heavy (non-hydrogen) atoms. The standard InChI is InChI=1S/C9H13NO2S/c1-4-8-10-6(2)7(13-8)5-9(11)12-3/h4-5H2,1-3H3. The van der Waals surface area contributed by atoms with Crippen LogP contribution < -0.4 is 0 Å². The number of hydrogen-bond acceptors (Lipinski definition) is 4. The molecule has 1 heterocycles. The summed E-state index contributed by atoms with van der Waals surface area (Å²) in [5.74, 6) is -0.200. The first-order valence-electron chi connectivity index (χ1n) is 4.19. The Labute approximate surface area is 81.8 Å². The number of methoxy groups -OCH3 is 1. The first-order valence-corrected chi connectivity index (χ1v) is 5.01. The van der Waals surface area contributed by atoms with E-state index in [1.807, 2.05) is 6.92 Å². The van der Waals surface area contributed by atoms with Crippen molar-refractivity contribution in [2.75, 3.05) is 7.11 Å². The summed E-state index contributed by atoms with van der Waals surface area (Å²) in [7, 11) is 1.40. The average molecular weight is 199 g/mol. The monoisotopic (exact) mass is 199 g/mol. The highest BCUT2D eigenvalue weighted by Crippen LogP contribution is 2.19. The SMILES string of the molecule is CCc1nc(C)c(CC(=O)OC)s1. The second kappa shape index (κ2) is 4.37. The van der Waals surface area contributed by atoms with Crippen molar-refractivity contribution in [3.63, 3.8) is 0 Å². The van der Waals surface area contributed by atoms with Crippen LogP contribution in [0.15, 0.2) is 0 Å². The fraction of sp³-hybridized carbons (Fsp3) is 0.556. The van der Waals surface area contributed by atoms with E-state index in [0.717, 1.165) is 22.0 Å². The zero-order valence-corrected chi connectivity index (χ0v) is 8.90. The van der Waals surface area contributed by atoms with Crippen LogP contribution in [-0.4, -0.2) is 18.1 Å². The van der Waals surface area contributed by atoms with Crippen molar-refractivity contribution in [2.45, 2.75) is 26.7 Å². The lowest BCUT2D eigenvalue weighted by atomic mass is 10.3. The van der Waals surface area contributed by atoms with Crippen LogP contribution in [0.5, 0.6) is 0 Å². The Morgan fingerprint density at radius 2 is 2.31 bits per heavy atom. The van der Waals surface area contributed by atoms with Crippen molar-refractivity contribution >= 4 is 17.3 Å². The smallest absolute Gasteiger partial charge is 0.310 e. The van der Waals surface area contributed by atoms with E-state index in [1.54, 1.807) is 11.3 Å². The van der Waals surface area contributed by atoms with Crippen LogP contribution in [0.1, 0.15) is 22.5 Å². The normalized spacial score (nSPS) is 10.1. The zero-order chi connectivity index (χ0) is 9.84. The number of thiazole rings is 1. The molecule has 72 valence electrons. The van der Waals surface area contributed by atoms with Crippen molar-refractivity contribution in [3.05, 3.63) is 15.6 Å². The molecule has 0 atom stereocenters. The third kappa shape index (κ3) is 2.52. The van der Waals surface area contributed by atoms with E-state index in [-0.39, 0.29) is 5.97 Å². The summed E-state index contributed by atoms with van der Waals surface area (Å²) >= 11 is 1.59. The molecule has 0 N–H and O–H groups in total.